The predicted molar refractivity (Wildman–Crippen MR) is 149 cm³/mol. The maximum absolute atomic E-state index is 2.99. The molecule has 168 valence electrons. The first-order valence-corrected chi connectivity index (χ1v) is 17.9. The van der Waals surface area contributed by atoms with E-state index in [1.165, 1.54) is 43.8 Å². The van der Waals surface area contributed by atoms with E-state index in [0.29, 0.717) is 5.43 Å². The van der Waals surface area contributed by atoms with E-state index in [9.17, 15) is 0 Å². The van der Waals surface area contributed by atoms with E-state index in [0.717, 1.165) is 6.42 Å². The summed E-state index contributed by atoms with van der Waals surface area (Å²) in [5.74, 6) is 0. The smallest absolute Gasteiger partial charge is 0.0259 e. The van der Waals surface area contributed by atoms with E-state index in [1.807, 2.05) is 35.5 Å². The van der Waals surface area contributed by atoms with Gasteiger partial charge in [0.1, 0.15) is 0 Å². The average molecular weight is 544 g/mol. The summed E-state index contributed by atoms with van der Waals surface area (Å²) in [4.78, 5) is 0. The Bertz CT molecular complexity index is 1380. The van der Waals surface area contributed by atoms with Crippen molar-refractivity contribution in [1.82, 2.24) is 0 Å². The van der Waals surface area contributed by atoms with E-state index in [-0.39, 0.29) is 0 Å². The standard InChI is InChI=1S/C25H17.C5H5.C3H6Si.Zr/c1-3-7-18(8-4-1)20-11-13-24-22(15-20)17-23-16-21(12-14-25(23)24)19-9-5-2-6-10-19;1-2-4-5-3-1;1-2-4-3-1;/h1-17H;1-3H,4H2;1-3H2;/q2*-1;;+2. The monoisotopic (exact) mass is 542 g/mol. The Hall–Kier alpha value is -2.67. The molecule has 0 bridgehead atoms. The third kappa shape index (κ3) is 6.13. The van der Waals surface area contributed by atoms with Gasteiger partial charge in [-0.3, -0.25) is 6.08 Å². The molecular formula is C33H28SiZr. The molecule has 35 heavy (non-hydrogen) atoms. The van der Waals surface area contributed by atoms with Crippen molar-refractivity contribution in [1.29, 1.82) is 0 Å². The topological polar surface area (TPSA) is 0 Å². The third-order valence-electron chi connectivity index (χ3n) is 6.46. The van der Waals surface area contributed by atoms with E-state index in [1.54, 1.807) is 18.5 Å². The third-order valence-corrected chi connectivity index (χ3v) is 12.1. The first kappa shape index (κ1) is 24.0. The zero-order chi connectivity index (χ0) is 23.9. The van der Waals surface area contributed by atoms with Gasteiger partial charge in [0.2, 0.25) is 0 Å². The molecule has 1 aliphatic carbocycles. The molecule has 0 aromatic heterocycles. The normalized spacial score (nSPS) is 13.7. The van der Waals surface area contributed by atoms with Crippen LogP contribution in [0.4, 0.5) is 0 Å². The van der Waals surface area contributed by atoms with Crippen LogP contribution in [0.15, 0.2) is 121 Å². The molecule has 2 heteroatoms. The summed E-state index contributed by atoms with van der Waals surface area (Å²) in [5, 5.41) is 5.27. The van der Waals surface area contributed by atoms with Gasteiger partial charge in [-0.25, -0.2) is 12.2 Å². The molecule has 0 N–H and O–H groups in total. The van der Waals surface area contributed by atoms with Crippen molar-refractivity contribution in [3.8, 4) is 22.3 Å². The van der Waals surface area contributed by atoms with Crippen LogP contribution in [0, 0.1) is 6.08 Å². The van der Waals surface area contributed by atoms with Crippen LogP contribution in [0.3, 0.4) is 0 Å². The minimum absolute atomic E-state index is 0.397. The van der Waals surface area contributed by atoms with Gasteiger partial charge < -0.3 is 0 Å². The molecule has 5 aromatic carbocycles. The van der Waals surface area contributed by atoms with Crippen LogP contribution in [0.2, 0.25) is 12.1 Å². The molecule has 2 aliphatic rings. The zero-order valence-electron chi connectivity index (χ0n) is 19.9. The van der Waals surface area contributed by atoms with Crippen molar-refractivity contribution in [2.45, 2.75) is 24.9 Å². The second kappa shape index (κ2) is 11.8. The average Bonchev–Trinajstić information content (AvgIpc) is 3.60. The van der Waals surface area contributed by atoms with E-state index in [4.69, 9.17) is 0 Å². The van der Waals surface area contributed by atoms with Crippen LogP contribution in [-0.2, 0) is 23.3 Å². The summed E-state index contributed by atoms with van der Waals surface area (Å²) >= 11 is 1.86. The maximum atomic E-state index is 2.99. The molecule has 1 fully saturated rings. The molecule has 0 nitrogen and oxygen atoms in total. The van der Waals surface area contributed by atoms with Crippen LogP contribution in [0.25, 0.3) is 43.8 Å². The number of benzene rings is 4. The number of fused-ring (bicyclic) bond motifs is 3. The molecule has 0 saturated carbocycles. The minimum Gasteiger partial charge on any atom is -0.126 e. The Kier molecular flexibility index (Phi) is 8.14. The molecule has 0 atom stereocenters. The summed E-state index contributed by atoms with van der Waals surface area (Å²) in [6, 6.07) is 40.3. The Morgan fingerprint density at radius 3 is 1.51 bits per heavy atom. The van der Waals surface area contributed by atoms with Crippen molar-refractivity contribution < 1.29 is 23.3 Å². The summed E-state index contributed by atoms with van der Waals surface area (Å²) in [5.41, 5.74) is 5.46. The van der Waals surface area contributed by atoms with Gasteiger partial charge in [0.15, 0.2) is 0 Å². The molecule has 1 aliphatic heterocycles. The van der Waals surface area contributed by atoms with Crippen LogP contribution >= 0.6 is 0 Å². The summed E-state index contributed by atoms with van der Waals surface area (Å²) in [6.07, 6.45) is 11.6. The van der Waals surface area contributed by atoms with Gasteiger partial charge in [-0.1, -0.05) is 96.1 Å². The predicted octanol–water partition coefficient (Wildman–Crippen LogP) is 9.28. The molecule has 7 rings (SSSR count). The first-order valence-electron chi connectivity index (χ1n) is 12.3. The fraction of sp³-hybridized carbons (Fsp3) is 0.121. The molecule has 0 spiro atoms. The Balaban J connectivity index is 0.000000210. The van der Waals surface area contributed by atoms with Crippen LogP contribution in [-0.4, -0.2) is 5.43 Å². The van der Waals surface area contributed by atoms with E-state index >= 15 is 0 Å². The molecule has 0 radical (unpaired) electrons. The quantitative estimate of drug-likeness (QED) is 0.154. The largest absolute Gasteiger partial charge is 0.126 e. The minimum atomic E-state index is 0.397. The van der Waals surface area contributed by atoms with Gasteiger partial charge in [-0.05, 0) is 11.1 Å². The fourth-order valence-electron chi connectivity index (χ4n) is 4.34. The van der Waals surface area contributed by atoms with Gasteiger partial charge in [0.05, 0.1) is 0 Å². The Labute approximate surface area is 223 Å². The fourth-order valence-corrected chi connectivity index (χ4v) is 7.65. The first-order chi connectivity index (χ1) is 17.3. The van der Waals surface area contributed by atoms with Gasteiger partial charge in [0, 0.05) is 0 Å². The summed E-state index contributed by atoms with van der Waals surface area (Å²) in [7, 11) is 0. The Morgan fingerprint density at radius 2 is 1.17 bits per heavy atom. The van der Waals surface area contributed by atoms with Crippen LogP contribution in [0.1, 0.15) is 12.8 Å². The number of allylic oxidation sites excluding steroid dienone is 4. The van der Waals surface area contributed by atoms with Crippen molar-refractivity contribution in [3.05, 3.63) is 127 Å². The summed E-state index contributed by atoms with van der Waals surface area (Å²) < 4.78 is 0. The van der Waals surface area contributed by atoms with Crippen LogP contribution < -0.4 is 0 Å². The molecule has 0 unspecified atom stereocenters. The van der Waals surface area contributed by atoms with Crippen molar-refractivity contribution in [2.24, 2.45) is 0 Å². The van der Waals surface area contributed by atoms with Gasteiger partial charge in [0.25, 0.3) is 0 Å². The van der Waals surface area contributed by atoms with Crippen molar-refractivity contribution >= 4 is 27.0 Å². The SMILES string of the molecule is [C-]1=CC=CC1.[Zr+2]=[Si]1CCC1.c1ccc(-c2ccc3c(c2)[cH-]c2cc(-c4ccccc4)ccc23)cc1. The number of hydrogen-bond donors (Lipinski definition) is 0. The van der Waals surface area contributed by atoms with Crippen molar-refractivity contribution in [3.63, 3.8) is 0 Å². The molecular weight excluding hydrogens is 516 g/mol. The second-order valence-electron chi connectivity index (χ2n) is 8.94. The van der Waals surface area contributed by atoms with Crippen LogP contribution in [0.5, 0.6) is 0 Å². The second-order valence-corrected chi connectivity index (χ2v) is 16.4. The number of rotatable bonds is 2. The molecule has 1 heterocycles. The molecule has 0 amide bonds. The summed E-state index contributed by atoms with van der Waals surface area (Å²) in [6.45, 7) is 0. The number of hydrogen-bond acceptors (Lipinski definition) is 0. The van der Waals surface area contributed by atoms with Gasteiger partial charge >= 0.3 is 47.3 Å². The van der Waals surface area contributed by atoms with E-state index in [2.05, 4.69) is 115 Å². The Morgan fingerprint density at radius 1 is 0.657 bits per heavy atom. The molecule has 5 aromatic rings. The maximum Gasteiger partial charge on any atom is -0.0259 e. The van der Waals surface area contributed by atoms with E-state index < -0.39 is 0 Å². The molecule has 1 saturated heterocycles. The van der Waals surface area contributed by atoms with Crippen molar-refractivity contribution in [2.75, 3.05) is 0 Å². The van der Waals surface area contributed by atoms with Gasteiger partial charge in [-0.2, -0.15) is 6.08 Å². The zero-order valence-corrected chi connectivity index (χ0v) is 23.3. The van der Waals surface area contributed by atoms with Gasteiger partial charge in [-0.15, -0.1) is 46.2 Å².